The van der Waals surface area contributed by atoms with Gasteiger partial charge in [-0.05, 0) is 18.1 Å². The van der Waals surface area contributed by atoms with Gasteiger partial charge in [0.15, 0.2) is 5.17 Å². The summed E-state index contributed by atoms with van der Waals surface area (Å²) in [6, 6.07) is 19.0. The van der Waals surface area contributed by atoms with E-state index < -0.39 is 10.2 Å². The molecule has 0 radical (unpaired) electrons. The lowest BCUT2D eigenvalue weighted by atomic mass is 10.0. The lowest BCUT2D eigenvalue weighted by molar-refractivity contribution is -1.92. The standard InChI is InChI=1S/C19H18N2S.ClHO4/c1-3-13-20-19-21-17(15-7-5-4-6-8-15)18(22-19)16-11-9-14(2)10-12-16;2-1(3,4)5/h3-12,18H,1,13H2,2H3;(H,2,3,4,5). The van der Waals surface area contributed by atoms with Gasteiger partial charge in [0.25, 0.3) is 0 Å². The quantitative estimate of drug-likeness (QED) is 0.750. The van der Waals surface area contributed by atoms with Gasteiger partial charge < -0.3 is 0 Å². The van der Waals surface area contributed by atoms with Crippen LogP contribution in [0.15, 0.2) is 77.2 Å². The third-order valence-electron chi connectivity index (χ3n) is 3.49. The zero-order valence-electron chi connectivity index (χ0n) is 14.6. The molecule has 0 fully saturated rings. The molecule has 0 saturated carbocycles. The topological polar surface area (TPSA) is 114 Å². The van der Waals surface area contributed by atoms with Crippen LogP contribution in [0.2, 0.25) is 0 Å². The van der Waals surface area contributed by atoms with E-state index in [1.807, 2.05) is 18.2 Å². The van der Waals surface area contributed by atoms with Gasteiger partial charge >= 0.3 is 0 Å². The summed E-state index contributed by atoms with van der Waals surface area (Å²) < 4.78 is 32.7. The number of aryl methyl sites for hydroxylation is 1. The number of rotatable bonds is 4. The maximum Gasteiger partial charge on any atom is 0.184 e. The predicted octanol–water partition coefficient (Wildman–Crippen LogP) is 0.690. The van der Waals surface area contributed by atoms with Crippen molar-refractivity contribution < 1.29 is 28.9 Å². The van der Waals surface area contributed by atoms with Gasteiger partial charge in [-0.25, -0.2) is 4.99 Å². The summed E-state index contributed by atoms with van der Waals surface area (Å²) in [6.07, 6.45) is 1.80. The number of hydrogen-bond donors (Lipinski definition) is 1. The molecule has 2 aromatic carbocycles. The van der Waals surface area contributed by atoms with Gasteiger partial charge in [-0.2, -0.15) is 14.0 Å². The van der Waals surface area contributed by atoms with Crippen LogP contribution in [0.25, 0.3) is 0 Å². The van der Waals surface area contributed by atoms with E-state index in [0.717, 1.165) is 16.4 Å². The van der Waals surface area contributed by atoms with Crippen molar-refractivity contribution in [3.63, 3.8) is 0 Å². The van der Waals surface area contributed by atoms with Crippen molar-refractivity contribution in [3.05, 3.63) is 83.9 Å². The number of nitrogens with zero attached hydrogens (tertiary/aromatic N) is 2. The molecule has 0 aromatic heterocycles. The molecule has 1 N–H and O–H groups in total. The molecule has 1 unspecified atom stereocenters. The SMILES string of the molecule is C=CCN=C1N=C(c2ccccc2)C(c2ccc(C)cc2)S1.[O-][Cl+3]([O-])([O-])O. The van der Waals surface area contributed by atoms with E-state index in [1.54, 1.807) is 17.8 Å². The van der Waals surface area contributed by atoms with Crippen LogP contribution in [0.1, 0.15) is 21.9 Å². The Kier molecular flexibility index (Phi) is 7.73. The molecule has 0 bridgehead atoms. The molecule has 8 heteroatoms. The van der Waals surface area contributed by atoms with Crippen LogP contribution in [0.3, 0.4) is 0 Å². The zero-order chi connectivity index (χ0) is 19.9. The molecule has 0 amide bonds. The molecule has 142 valence electrons. The number of aliphatic imine (C=N–C) groups is 2. The Balaban J connectivity index is 0.000000465. The Bertz CT molecular complexity index is 812. The summed E-state index contributed by atoms with van der Waals surface area (Å²) in [5, 5.41) is 1.04. The first-order valence-corrected chi connectivity index (χ1v) is 10.1. The van der Waals surface area contributed by atoms with Crippen molar-refractivity contribution in [1.29, 1.82) is 0 Å². The molecule has 0 spiro atoms. The zero-order valence-corrected chi connectivity index (χ0v) is 16.2. The minimum atomic E-state index is -4.69. The van der Waals surface area contributed by atoms with Crippen LogP contribution < -0.4 is 14.0 Å². The lowest BCUT2D eigenvalue weighted by Gasteiger charge is -2.12. The van der Waals surface area contributed by atoms with Gasteiger partial charge in [-0.3, -0.25) is 4.99 Å². The normalized spacial score (nSPS) is 17.9. The second-order valence-corrected chi connectivity index (χ2v) is 7.44. The molecule has 1 aliphatic rings. The highest BCUT2D eigenvalue weighted by Crippen LogP contribution is 2.39. The van der Waals surface area contributed by atoms with Crippen LogP contribution in [-0.4, -0.2) is 22.1 Å². The molecule has 1 atom stereocenters. The number of hydrogen-bond acceptors (Lipinski definition) is 6. The average molecular weight is 407 g/mol. The van der Waals surface area contributed by atoms with E-state index in [4.69, 9.17) is 23.6 Å². The summed E-state index contributed by atoms with van der Waals surface area (Å²) >= 11 is 1.71. The number of halogens is 1. The van der Waals surface area contributed by atoms with Crippen LogP contribution >= 0.6 is 11.8 Å². The minimum absolute atomic E-state index is 0.201. The van der Waals surface area contributed by atoms with Crippen molar-refractivity contribution in [2.45, 2.75) is 12.2 Å². The van der Waals surface area contributed by atoms with E-state index in [1.165, 1.54) is 11.1 Å². The van der Waals surface area contributed by atoms with Crippen molar-refractivity contribution in [1.82, 2.24) is 0 Å². The van der Waals surface area contributed by atoms with Crippen LogP contribution in [0, 0.1) is 17.2 Å². The first-order chi connectivity index (χ1) is 12.8. The second kappa shape index (κ2) is 9.80. The largest absolute Gasteiger partial charge is 0.257 e. The Morgan fingerprint density at radius 2 is 1.74 bits per heavy atom. The molecule has 1 heterocycles. The van der Waals surface area contributed by atoms with Crippen molar-refractivity contribution in [2.75, 3.05) is 6.54 Å². The Morgan fingerprint density at radius 1 is 1.15 bits per heavy atom. The van der Waals surface area contributed by atoms with Crippen molar-refractivity contribution >= 4 is 22.6 Å². The van der Waals surface area contributed by atoms with Crippen molar-refractivity contribution in [3.8, 4) is 0 Å². The van der Waals surface area contributed by atoms with E-state index in [-0.39, 0.29) is 5.25 Å². The number of amidine groups is 1. The fourth-order valence-corrected chi connectivity index (χ4v) is 3.46. The van der Waals surface area contributed by atoms with Gasteiger partial charge in [0.05, 0.1) is 32.4 Å². The van der Waals surface area contributed by atoms with Gasteiger partial charge in [-0.1, -0.05) is 78.0 Å². The molecular formula is C19H19ClN2O4S. The van der Waals surface area contributed by atoms with E-state index >= 15 is 0 Å². The van der Waals surface area contributed by atoms with E-state index in [2.05, 4.69) is 54.9 Å². The Morgan fingerprint density at radius 3 is 2.30 bits per heavy atom. The lowest BCUT2D eigenvalue weighted by Crippen LogP contribution is -2.58. The summed E-state index contributed by atoms with van der Waals surface area (Å²) in [4.78, 5) is 9.24. The summed E-state index contributed by atoms with van der Waals surface area (Å²) in [5.41, 5.74) is 4.77. The van der Waals surface area contributed by atoms with Gasteiger partial charge in [0.1, 0.15) is 0 Å². The first-order valence-electron chi connectivity index (χ1n) is 7.93. The number of thioether (sulfide) groups is 1. The average Bonchev–Trinajstić information content (AvgIpc) is 3.04. The van der Waals surface area contributed by atoms with Crippen LogP contribution in [0.4, 0.5) is 0 Å². The fraction of sp³-hybridized carbons (Fsp3) is 0.158. The molecule has 0 saturated heterocycles. The maximum atomic E-state index is 8.60. The molecular weight excluding hydrogens is 388 g/mol. The second-order valence-electron chi connectivity index (χ2n) is 5.58. The first kappa shape index (κ1) is 21.3. The fourth-order valence-electron chi connectivity index (χ4n) is 2.36. The predicted molar refractivity (Wildman–Crippen MR) is 99.2 cm³/mol. The van der Waals surface area contributed by atoms with Crippen molar-refractivity contribution in [2.24, 2.45) is 9.98 Å². The third kappa shape index (κ3) is 7.26. The van der Waals surface area contributed by atoms with Crippen LogP contribution in [0.5, 0.6) is 0 Å². The monoisotopic (exact) mass is 406 g/mol. The molecule has 0 aliphatic carbocycles. The van der Waals surface area contributed by atoms with Crippen LogP contribution in [-0.2, 0) is 0 Å². The molecule has 27 heavy (non-hydrogen) atoms. The Labute approximate surface area is 164 Å². The highest BCUT2D eigenvalue weighted by Gasteiger charge is 2.28. The molecule has 6 nitrogen and oxygen atoms in total. The molecule has 1 aliphatic heterocycles. The van der Waals surface area contributed by atoms with Gasteiger partial charge in [0, 0.05) is 0 Å². The number of benzene rings is 2. The summed E-state index contributed by atoms with van der Waals surface area (Å²) in [6.45, 7) is 6.43. The smallest absolute Gasteiger partial charge is 0.184 e. The van der Waals surface area contributed by atoms with Gasteiger partial charge in [0.2, 0.25) is 0 Å². The maximum absolute atomic E-state index is 8.60. The highest BCUT2D eigenvalue weighted by molar-refractivity contribution is 8.15. The van der Waals surface area contributed by atoms with E-state index in [9.17, 15) is 0 Å². The molecule has 2 aromatic rings. The minimum Gasteiger partial charge on any atom is -0.257 e. The van der Waals surface area contributed by atoms with E-state index in [0.29, 0.717) is 6.54 Å². The Hall–Kier alpha value is -2.00. The summed E-state index contributed by atoms with van der Waals surface area (Å²) in [7, 11) is -4.69. The molecule has 3 rings (SSSR count). The summed E-state index contributed by atoms with van der Waals surface area (Å²) in [5.74, 6) is 0. The third-order valence-corrected chi connectivity index (χ3v) is 4.66. The highest BCUT2D eigenvalue weighted by atomic mass is 35.7. The van der Waals surface area contributed by atoms with Gasteiger partial charge in [-0.15, -0.1) is 6.58 Å².